The normalized spacial score (nSPS) is 11.2. The average molecular weight is 303 g/mol. The van der Waals surface area contributed by atoms with Crippen LogP contribution in [0, 0.1) is 0 Å². The lowest BCUT2D eigenvalue weighted by Gasteiger charge is -2.08. The minimum absolute atomic E-state index is 0.0173. The first kappa shape index (κ1) is 17.3. The molecule has 2 N–H and O–H groups in total. The van der Waals surface area contributed by atoms with E-state index in [0.717, 1.165) is 13.0 Å². The van der Waals surface area contributed by atoms with E-state index in [1.54, 1.807) is 12.1 Å². The molecule has 1 aromatic rings. The SMILES string of the molecule is CCCNc1cc(C(=O)NCCCCC(F)(F)F)ccn1. The number of hydrogen-bond donors (Lipinski definition) is 2. The van der Waals surface area contributed by atoms with E-state index < -0.39 is 12.6 Å². The predicted octanol–water partition coefficient (Wildman–Crippen LogP) is 3.37. The Morgan fingerprint density at radius 1 is 1.29 bits per heavy atom. The maximum atomic E-state index is 12.0. The second kappa shape index (κ2) is 8.49. The fourth-order valence-electron chi connectivity index (χ4n) is 1.68. The van der Waals surface area contributed by atoms with Gasteiger partial charge in [-0.05, 0) is 31.4 Å². The fraction of sp³-hybridized carbons (Fsp3) is 0.571. The van der Waals surface area contributed by atoms with Gasteiger partial charge < -0.3 is 10.6 Å². The number of carbonyl (C=O) groups excluding carboxylic acids is 1. The molecule has 4 nitrogen and oxygen atoms in total. The molecule has 7 heteroatoms. The minimum Gasteiger partial charge on any atom is -0.370 e. The van der Waals surface area contributed by atoms with Crippen LogP contribution in [0.2, 0.25) is 0 Å². The summed E-state index contributed by atoms with van der Waals surface area (Å²) in [6, 6.07) is 3.20. The van der Waals surface area contributed by atoms with E-state index in [-0.39, 0.29) is 18.9 Å². The fourth-order valence-corrected chi connectivity index (χ4v) is 1.68. The first-order chi connectivity index (χ1) is 9.92. The van der Waals surface area contributed by atoms with Crippen LogP contribution in [0.4, 0.5) is 19.0 Å². The lowest BCUT2D eigenvalue weighted by molar-refractivity contribution is -0.135. The van der Waals surface area contributed by atoms with Crippen LogP contribution >= 0.6 is 0 Å². The van der Waals surface area contributed by atoms with E-state index in [0.29, 0.717) is 17.8 Å². The van der Waals surface area contributed by atoms with E-state index in [1.165, 1.54) is 6.20 Å². The Morgan fingerprint density at radius 3 is 2.71 bits per heavy atom. The summed E-state index contributed by atoms with van der Waals surface area (Å²) in [5, 5.41) is 5.67. The van der Waals surface area contributed by atoms with Crippen LogP contribution < -0.4 is 10.6 Å². The van der Waals surface area contributed by atoms with Crippen LogP contribution in [0.5, 0.6) is 0 Å². The number of amides is 1. The van der Waals surface area contributed by atoms with Crippen molar-refractivity contribution in [1.82, 2.24) is 10.3 Å². The molecule has 0 unspecified atom stereocenters. The van der Waals surface area contributed by atoms with E-state index in [1.807, 2.05) is 6.92 Å². The number of nitrogens with zero attached hydrogens (tertiary/aromatic N) is 1. The van der Waals surface area contributed by atoms with Crippen LogP contribution in [0.1, 0.15) is 43.0 Å². The van der Waals surface area contributed by atoms with Gasteiger partial charge in [-0.15, -0.1) is 0 Å². The van der Waals surface area contributed by atoms with Gasteiger partial charge in [-0.3, -0.25) is 4.79 Å². The van der Waals surface area contributed by atoms with Crippen molar-refractivity contribution in [2.24, 2.45) is 0 Å². The van der Waals surface area contributed by atoms with Crippen LogP contribution in [0.3, 0.4) is 0 Å². The van der Waals surface area contributed by atoms with Crippen molar-refractivity contribution in [1.29, 1.82) is 0 Å². The molecule has 0 spiro atoms. The summed E-state index contributed by atoms with van der Waals surface area (Å²) in [5.74, 6) is 0.311. The number of alkyl halides is 3. The molecule has 0 radical (unpaired) electrons. The Kier molecular flexibility index (Phi) is 6.98. The van der Waals surface area contributed by atoms with Crippen molar-refractivity contribution in [2.45, 2.75) is 38.8 Å². The Hall–Kier alpha value is -1.79. The summed E-state index contributed by atoms with van der Waals surface area (Å²) in [5.41, 5.74) is 0.444. The molecule has 0 aliphatic carbocycles. The molecule has 0 saturated heterocycles. The molecule has 0 aliphatic heterocycles. The maximum absolute atomic E-state index is 12.0. The van der Waals surface area contributed by atoms with E-state index in [9.17, 15) is 18.0 Å². The van der Waals surface area contributed by atoms with Crippen LogP contribution in [-0.4, -0.2) is 30.2 Å². The van der Waals surface area contributed by atoms with Gasteiger partial charge in [0.1, 0.15) is 5.82 Å². The molecule has 21 heavy (non-hydrogen) atoms. The number of hydrogen-bond acceptors (Lipinski definition) is 3. The standard InChI is InChI=1S/C14H20F3N3O/c1-2-7-18-12-10-11(5-9-19-12)13(21)20-8-4-3-6-14(15,16)17/h5,9-10H,2-4,6-8H2,1H3,(H,18,19)(H,20,21). The van der Waals surface area contributed by atoms with Crippen molar-refractivity contribution in [2.75, 3.05) is 18.4 Å². The number of halogens is 3. The third-order valence-corrected chi connectivity index (χ3v) is 2.75. The summed E-state index contributed by atoms with van der Waals surface area (Å²) in [7, 11) is 0. The molecule has 0 bridgehead atoms. The second-order valence-electron chi connectivity index (χ2n) is 4.68. The highest BCUT2D eigenvalue weighted by molar-refractivity contribution is 5.94. The van der Waals surface area contributed by atoms with Crippen LogP contribution in [0.15, 0.2) is 18.3 Å². The zero-order valence-electron chi connectivity index (χ0n) is 12.0. The van der Waals surface area contributed by atoms with E-state index in [4.69, 9.17) is 0 Å². The topological polar surface area (TPSA) is 54.0 Å². The summed E-state index contributed by atoms with van der Waals surface area (Å²) in [6.07, 6.45) is -2.16. The van der Waals surface area contributed by atoms with Crippen molar-refractivity contribution >= 4 is 11.7 Å². The van der Waals surface area contributed by atoms with Gasteiger partial charge in [0.15, 0.2) is 0 Å². The number of unbranched alkanes of at least 4 members (excludes halogenated alkanes) is 1. The van der Waals surface area contributed by atoms with Gasteiger partial charge in [-0.2, -0.15) is 13.2 Å². The molecule has 0 fully saturated rings. The van der Waals surface area contributed by atoms with Gasteiger partial charge in [0.2, 0.25) is 0 Å². The Labute approximate surface area is 122 Å². The summed E-state index contributed by atoms with van der Waals surface area (Å²) >= 11 is 0. The first-order valence-electron chi connectivity index (χ1n) is 6.97. The summed E-state index contributed by atoms with van der Waals surface area (Å²) < 4.78 is 35.9. The smallest absolute Gasteiger partial charge is 0.370 e. The van der Waals surface area contributed by atoms with Gasteiger partial charge in [-0.25, -0.2) is 4.98 Å². The largest absolute Gasteiger partial charge is 0.389 e. The molecule has 0 aromatic carbocycles. The van der Waals surface area contributed by atoms with Gasteiger partial charge in [-0.1, -0.05) is 6.92 Å². The molecule has 1 heterocycles. The van der Waals surface area contributed by atoms with E-state index >= 15 is 0 Å². The van der Waals surface area contributed by atoms with Crippen molar-refractivity contribution in [3.63, 3.8) is 0 Å². The highest BCUT2D eigenvalue weighted by atomic mass is 19.4. The Bertz CT molecular complexity index is 449. The maximum Gasteiger partial charge on any atom is 0.389 e. The monoisotopic (exact) mass is 303 g/mol. The van der Waals surface area contributed by atoms with Crippen molar-refractivity contribution in [3.05, 3.63) is 23.9 Å². The van der Waals surface area contributed by atoms with Gasteiger partial charge in [0.25, 0.3) is 5.91 Å². The van der Waals surface area contributed by atoms with Crippen LogP contribution in [-0.2, 0) is 0 Å². The molecule has 1 amide bonds. The second-order valence-corrected chi connectivity index (χ2v) is 4.68. The number of rotatable bonds is 8. The lowest BCUT2D eigenvalue weighted by atomic mass is 10.2. The van der Waals surface area contributed by atoms with Gasteiger partial charge in [0.05, 0.1) is 0 Å². The number of anilines is 1. The zero-order chi connectivity index (χ0) is 15.7. The molecule has 0 atom stereocenters. The number of nitrogens with one attached hydrogen (secondary N) is 2. The Morgan fingerprint density at radius 2 is 2.05 bits per heavy atom. The highest BCUT2D eigenvalue weighted by Crippen LogP contribution is 2.21. The molecule has 1 aromatic heterocycles. The van der Waals surface area contributed by atoms with Gasteiger partial charge >= 0.3 is 6.18 Å². The summed E-state index contributed by atoms with van der Waals surface area (Å²) in [6.45, 7) is 3.01. The molecule has 0 aliphatic rings. The molecule has 0 saturated carbocycles. The quantitative estimate of drug-likeness (QED) is 0.724. The molecule has 118 valence electrons. The lowest BCUT2D eigenvalue weighted by Crippen LogP contribution is -2.25. The van der Waals surface area contributed by atoms with Crippen molar-refractivity contribution < 1.29 is 18.0 Å². The molecular weight excluding hydrogens is 283 g/mol. The third kappa shape index (κ3) is 7.53. The third-order valence-electron chi connectivity index (χ3n) is 2.75. The van der Waals surface area contributed by atoms with E-state index in [2.05, 4.69) is 15.6 Å². The van der Waals surface area contributed by atoms with Crippen molar-refractivity contribution in [3.8, 4) is 0 Å². The average Bonchev–Trinajstić information content (AvgIpc) is 2.43. The number of aromatic nitrogens is 1. The van der Waals surface area contributed by atoms with Gasteiger partial charge in [0, 0.05) is 31.3 Å². The molecular formula is C14H20F3N3O. The minimum atomic E-state index is -4.13. The zero-order valence-corrected chi connectivity index (χ0v) is 12.0. The first-order valence-corrected chi connectivity index (χ1v) is 6.97. The molecule has 1 rings (SSSR count). The predicted molar refractivity (Wildman–Crippen MR) is 75.3 cm³/mol. The van der Waals surface area contributed by atoms with Crippen LogP contribution in [0.25, 0.3) is 0 Å². The number of pyridine rings is 1. The number of carbonyl (C=O) groups is 1. The highest BCUT2D eigenvalue weighted by Gasteiger charge is 2.25. The Balaban J connectivity index is 2.35. The summed E-state index contributed by atoms with van der Waals surface area (Å²) in [4.78, 5) is 15.9.